The van der Waals surface area contributed by atoms with E-state index in [-0.39, 0.29) is 0 Å². The van der Waals surface area contributed by atoms with Gasteiger partial charge in [-0.1, -0.05) is 84.9 Å². The Kier molecular flexibility index (Phi) is 3.71. The average Bonchev–Trinajstić information content (AvgIpc) is 2.74. The van der Waals surface area contributed by atoms with Crippen LogP contribution in [-0.2, 0) is 15.0 Å². The van der Waals surface area contributed by atoms with E-state index in [9.17, 15) is 14.4 Å². The van der Waals surface area contributed by atoms with Gasteiger partial charge in [-0.15, -0.1) is 0 Å². The van der Waals surface area contributed by atoms with Crippen molar-refractivity contribution in [1.82, 2.24) is 10.6 Å². The predicted molar refractivity (Wildman–Crippen MR) is 110 cm³/mol. The highest BCUT2D eigenvalue weighted by Gasteiger charge is 2.54. The molecule has 0 spiro atoms. The van der Waals surface area contributed by atoms with Gasteiger partial charge in [0.15, 0.2) is 5.41 Å². The molecular formula is C24H16N2O3. The van der Waals surface area contributed by atoms with Gasteiger partial charge in [-0.25, -0.2) is 4.79 Å². The van der Waals surface area contributed by atoms with E-state index in [1.54, 1.807) is 12.1 Å². The van der Waals surface area contributed by atoms with Crippen LogP contribution in [0.5, 0.6) is 0 Å². The van der Waals surface area contributed by atoms with Gasteiger partial charge in [0.25, 0.3) is 11.8 Å². The largest absolute Gasteiger partial charge is 0.328 e. The molecule has 0 unspecified atom stereocenters. The number of hydrogen-bond donors (Lipinski definition) is 2. The van der Waals surface area contributed by atoms with Gasteiger partial charge < -0.3 is 0 Å². The maximum Gasteiger partial charge on any atom is 0.328 e. The van der Waals surface area contributed by atoms with Crippen molar-refractivity contribution in [2.24, 2.45) is 0 Å². The molecule has 4 amide bonds. The smallest absolute Gasteiger partial charge is 0.276 e. The van der Waals surface area contributed by atoms with Crippen molar-refractivity contribution in [2.45, 2.75) is 5.41 Å². The molecular weight excluding hydrogens is 364 g/mol. The van der Waals surface area contributed by atoms with Gasteiger partial charge in [0, 0.05) is 0 Å². The highest BCUT2D eigenvalue weighted by molar-refractivity contribution is 6.27. The van der Waals surface area contributed by atoms with Gasteiger partial charge in [-0.05, 0) is 32.7 Å². The van der Waals surface area contributed by atoms with Crippen LogP contribution < -0.4 is 10.6 Å². The van der Waals surface area contributed by atoms with E-state index in [0.717, 1.165) is 21.5 Å². The molecule has 5 nitrogen and oxygen atoms in total. The average molecular weight is 380 g/mol. The number of benzene rings is 4. The lowest BCUT2D eigenvalue weighted by Gasteiger charge is -2.36. The molecule has 2 N–H and O–H groups in total. The summed E-state index contributed by atoms with van der Waals surface area (Å²) in [4.78, 5) is 38.8. The quantitative estimate of drug-likeness (QED) is 0.521. The Bertz CT molecular complexity index is 1210. The van der Waals surface area contributed by atoms with E-state index in [4.69, 9.17) is 0 Å². The first kappa shape index (κ1) is 17.1. The molecule has 140 valence electrons. The fourth-order valence-electron chi connectivity index (χ4n) is 4.27. The molecule has 1 aliphatic rings. The third kappa shape index (κ3) is 2.37. The zero-order valence-corrected chi connectivity index (χ0v) is 15.3. The maximum atomic E-state index is 13.4. The van der Waals surface area contributed by atoms with Crippen LogP contribution in [0.15, 0.2) is 84.9 Å². The van der Waals surface area contributed by atoms with Crippen molar-refractivity contribution in [3.8, 4) is 0 Å². The van der Waals surface area contributed by atoms with E-state index in [0.29, 0.717) is 11.1 Å². The Labute approximate surface area is 166 Å². The number of fused-ring (bicyclic) bond motifs is 2. The van der Waals surface area contributed by atoms with Crippen molar-refractivity contribution in [3.63, 3.8) is 0 Å². The van der Waals surface area contributed by atoms with E-state index in [2.05, 4.69) is 10.6 Å². The summed E-state index contributed by atoms with van der Waals surface area (Å²) in [6.07, 6.45) is 0. The summed E-state index contributed by atoms with van der Waals surface area (Å²) in [6, 6.07) is 25.4. The van der Waals surface area contributed by atoms with Gasteiger partial charge in [-0.3, -0.25) is 20.2 Å². The van der Waals surface area contributed by atoms with E-state index in [1.165, 1.54) is 0 Å². The van der Waals surface area contributed by atoms with Crippen molar-refractivity contribution < 1.29 is 14.4 Å². The number of amides is 4. The second-order valence-corrected chi connectivity index (χ2v) is 7.04. The molecule has 0 saturated carbocycles. The van der Waals surface area contributed by atoms with Crippen LogP contribution in [0.2, 0.25) is 0 Å². The summed E-state index contributed by atoms with van der Waals surface area (Å²) in [5.74, 6) is -1.31. The molecule has 1 fully saturated rings. The van der Waals surface area contributed by atoms with Crippen molar-refractivity contribution in [1.29, 1.82) is 0 Å². The summed E-state index contributed by atoms with van der Waals surface area (Å²) in [5.41, 5.74) is -0.626. The SMILES string of the molecule is O=C1NC(=O)C(c2cccc3ccccc23)(c2cccc3ccccc23)C(=O)N1. The summed E-state index contributed by atoms with van der Waals surface area (Å²) >= 11 is 0. The molecule has 0 aromatic heterocycles. The topological polar surface area (TPSA) is 75.3 Å². The molecule has 1 aliphatic heterocycles. The number of barbiturate groups is 1. The second-order valence-electron chi connectivity index (χ2n) is 7.04. The minimum absolute atomic E-state index is 0.537. The molecule has 4 aromatic rings. The van der Waals surface area contributed by atoms with Crippen LogP contribution >= 0.6 is 0 Å². The molecule has 0 radical (unpaired) electrons. The van der Waals surface area contributed by atoms with Crippen molar-refractivity contribution in [2.75, 3.05) is 0 Å². The zero-order valence-electron chi connectivity index (χ0n) is 15.3. The third-order valence-electron chi connectivity index (χ3n) is 5.52. The van der Waals surface area contributed by atoms with E-state index < -0.39 is 23.3 Å². The summed E-state index contributed by atoms with van der Waals surface area (Å²) < 4.78 is 0. The second kappa shape index (κ2) is 6.27. The summed E-state index contributed by atoms with van der Waals surface area (Å²) in [7, 11) is 0. The maximum absolute atomic E-state index is 13.4. The van der Waals surface area contributed by atoms with Crippen LogP contribution in [-0.4, -0.2) is 17.8 Å². The summed E-state index contributed by atoms with van der Waals surface area (Å²) in [6.45, 7) is 0. The number of rotatable bonds is 2. The number of imide groups is 2. The Balaban J connectivity index is 1.95. The number of carbonyl (C=O) groups is 3. The minimum atomic E-state index is -1.70. The lowest BCUT2D eigenvalue weighted by atomic mass is 9.69. The lowest BCUT2D eigenvalue weighted by molar-refractivity contribution is -0.136. The lowest BCUT2D eigenvalue weighted by Crippen LogP contribution is -2.65. The third-order valence-corrected chi connectivity index (χ3v) is 5.52. The molecule has 5 heteroatoms. The predicted octanol–water partition coefficient (Wildman–Crippen LogP) is 3.65. The normalized spacial score (nSPS) is 15.9. The van der Waals surface area contributed by atoms with Crippen LogP contribution in [0, 0.1) is 0 Å². The van der Waals surface area contributed by atoms with E-state index >= 15 is 0 Å². The number of urea groups is 1. The van der Waals surface area contributed by atoms with Crippen molar-refractivity contribution in [3.05, 3.63) is 96.1 Å². The van der Waals surface area contributed by atoms with Gasteiger partial charge in [0.05, 0.1) is 0 Å². The molecule has 0 bridgehead atoms. The summed E-state index contributed by atoms with van der Waals surface area (Å²) in [5, 5.41) is 8.00. The van der Waals surface area contributed by atoms with Crippen LogP contribution in [0.1, 0.15) is 11.1 Å². The first-order valence-electron chi connectivity index (χ1n) is 9.26. The molecule has 1 saturated heterocycles. The Morgan fingerprint density at radius 1 is 0.517 bits per heavy atom. The highest BCUT2D eigenvalue weighted by atomic mass is 16.2. The number of nitrogens with one attached hydrogen (secondary N) is 2. The van der Waals surface area contributed by atoms with Gasteiger partial charge in [-0.2, -0.15) is 0 Å². The highest BCUT2D eigenvalue weighted by Crippen LogP contribution is 2.41. The molecule has 5 rings (SSSR count). The molecule has 0 aliphatic carbocycles. The minimum Gasteiger partial charge on any atom is -0.276 e. The van der Waals surface area contributed by atoms with Gasteiger partial charge >= 0.3 is 6.03 Å². The standard InChI is InChI=1S/C24H16N2O3/c27-21-24(22(28)26-23(29)25-21,19-13-5-9-15-7-1-3-11-17(15)19)20-14-6-10-16-8-2-4-12-18(16)20/h1-14H,(H2,25,26,27,28,29). The van der Waals surface area contributed by atoms with Crippen molar-refractivity contribution >= 4 is 39.4 Å². The van der Waals surface area contributed by atoms with E-state index in [1.807, 2.05) is 72.8 Å². The number of hydrogen-bond acceptors (Lipinski definition) is 3. The first-order valence-corrected chi connectivity index (χ1v) is 9.26. The Hall–Kier alpha value is -3.99. The fourth-order valence-corrected chi connectivity index (χ4v) is 4.27. The monoisotopic (exact) mass is 380 g/mol. The van der Waals surface area contributed by atoms with Crippen LogP contribution in [0.25, 0.3) is 21.5 Å². The van der Waals surface area contributed by atoms with Crippen LogP contribution in [0.4, 0.5) is 4.79 Å². The first-order chi connectivity index (χ1) is 14.1. The molecule has 0 atom stereocenters. The molecule has 29 heavy (non-hydrogen) atoms. The van der Waals surface area contributed by atoms with Gasteiger partial charge in [0.1, 0.15) is 0 Å². The fraction of sp³-hybridized carbons (Fsp3) is 0.0417. The van der Waals surface area contributed by atoms with Crippen LogP contribution in [0.3, 0.4) is 0 Å². The van der Waals surface area contributed by atoms with Gasteiger partial charge in [0.2, 0.25) is 0 Å². The number of carbonyl (C=O) groups excluding carboxylic acids is 3. The Morgan fingerprint density at radius 3 is 1.41 bits per heavy atom. The zero-order chi connectivity index (χ0) is 20.0. The molecule has 4 aromatic carbocycles. The molecule has 1 heterocycles. The Morgan fingerprint density at radius 2 is 0.931 bits per heavy atom.